The summed E-state index contributed by atoms with van der Waals surface area (Å²) in [5.41, 5.74) is 5.55. The standard InChI is InChI=1S/C8H18N2O2/c1-6(2)7(9)8(11)12-5-4-10-3/h6-7,10H,4-5,9H2,1-3H3. The van der Waals surface area contributed by atoms with Gasteiger partial charge >= 0.3 is 5.97 Å². The Morgan fingerprint density at radius 3 is 2.58 bits per heavy atom. The summed E-state index contributed by atoms with van der Waals surface area (Å²) in [5.74, 6) is -0.188. The maximum Gasteiger partial charge on any atom is 0.323 e. The molecule has 0 spiro atoms. The van der Waals surface area contributed by atoms with Crippen LogP contribution in [0.25, 0.3) is 0 Å². The molecule has 0 saturated carbocycles. The zero-order valence-electron chi connectivity index (χ0n) is 7.96. The van der Waals surface area contributed by atoms with Crippen LogP contribution in [0.4, 0.5) is 0 Å². The Bertz CT molecular complexity index is 137. The highest BCUT2D eigenvalue weighted by molar-refractivity contribution is 5.75. The van der Waals surface area contributed by atoms with Crippen molar-refractivity contribution < 1.29 is 9.53 Å². The van der Waals surface area contributed by atoms with Crippen LogP contribution in [0.15, 0.2) is 0 Å². The van der Waals surface area contributed by atoms with Gasteiger partial charge in [-0.05, 0) is 13.0 Å². The summed E-state index contributed by atoms with van der Waals surface area (Å²) in [6, 6.07) is -0.498. The first-order chi connectivity index (χ1) is 5.59. The van der Waals surface area contributed by atoms with Gasteiger partial charge in [0.1, 0.15) is 12.6 Å². The Balaban J connectivity index is 3.57. The molecule has 3 N–H and O–H groups in total. The zero-order chi connectivity index (χ0) is 9.56. The Hall–Kier alpha value is -0.610. The second-order valence-electron chi connectivity index (χ2n) is 3.04. The number of ether oxygens (including phenoxy) is 1. The van der Waals surface area contributed by atoms with Crippen LogP contribution in [-0.2, 0) is 9.53 Å². The number of hydrogen-bond donors (Lipinski definition) is 2. The predicted octanol–water partition coefficient (Wildman–Crippen LogP) is -0.268. The van der Waals surface area contributed by atoms with Crippen molar-refractivity contribution >= 4 is 5.97 Å². The van der Waals surface area contributed by atoms with Crippen LogP contribution in [0.1, 0.15) is 13.8 Å². The number of esters is 1. The molecule has 0 amide bonds. The van der Waals surface area contributed by atoms with E-state index in [0.29, 0.717) is 13.2 Å². The second-order valence-corrected chi connectivity index (χ2v) is 3.04. The molecule has 4 heteroatoms. The highest BCUT2D eigenvalue weighted by Gasteiger charge is 2.17. The van der Waals surface area contributed by atoms with Gasteiger partial charge in [0.2, 0.25) is 0 Å². The summed E-state index contributed by atoms with van der Waals surface area (Å²) in [6.07, 6.45) is 0. The zero-order valence-corrected chi connectivity index (χ0v) is 7.96. The van der Waals surface area contributed by atoms with Gasteiger partial charge in [-0.3, -0.25) is 4.79 Å². The Labute approximate surface area is 73.5 Å². The van der Waals surface area contributed by atoms with Crippen LogP contribution in [0.3, 0.4) is 0 Å². The largest absolute Gasteiger partial charge is 0.463 e. The first-order valence-electron chi connectivity index (χ1n) is 4.16. The molecule has 0 saturated heterocycles. The highest BCUT2D eigenvalue weighted by Crippen LogP contribution is 1.99. The molecule has 0 rings (SSSR count). The van der Waals surface area contributed by atoms with E-state index >= 15 is 0 Å². The van der Waals surface area contributed by atoms with Crippen molar-refractivity contribution in [3.8, 4) is 0 Å². The Morgan fingerprint density at radius 2 is 2.17 bits per heavy atom. The SMILES string of the molecule is CNCCOC(=O)C(N)C(C)C. The number of rotatable bonds is 5. The van der Waals surface area contributed by atoms with Gasteiger partial charge < -0.3 is 15.8 Å². The minimum Gasteiger partial charge on any atom is -0.463 e. The maximum absolute atomic E-state index is 11.1. The molecule has 0 radical (unpaired) electrons. The topological polar surface area (TPSA) is 64.3 Å². The molecule has 1 unspecified atom stereocenters. The molecule has 0 aromatic carbocycles. The number of nitrogens with one attached hydrogen (secondary N) is 1. The third kappa shape index (κ3) is 4.31. The Morgan fingerprint density at radius 1 is 1.58 bits per heavy atom. The van der Waals surface area contributed by atoms with Gasteiger partial charge in [-0.15, -0.1) is 0 Å². The summed E-state index contributed by atoms with van der Waals surface area (Å²) in [4.78, 5) is 11.1. The van der Waals surface area contributed by atoms with E-state index in [4.69, 9.17) is 10.5 Å². The average Bonchev–Trinajstić information content (AvgIpc) is 2.03. The summed E-state index contributed by atoms with van der Waals surface area (Å²) >= 11 is 0. The van der Waals surface area contributed by atoms with Gasteiger partial charge in [0.05, 0.1) is 0 Å². The van der Waals surface area contributed by atoms with E-state index in [0.717, 1.165) is 0 Å². The van der Waals surface area contributed by atoms with Gasteiger partial charge in [-0.1, -0.05) is 13.8 Å². The molecule has 0 aromatic rings. The molecule has 0 heterocycles. The predicted molar refractivity (Wildman–Crippen MR) is 47.7 cm³/mol. The highest BCUT2D eigenvalue weighted by atomic mass is 16.5. The molecule has 0 aliphatic carbocycles. The van der Waals surface area contributed by atoms with Crippen molar-refractivity contribution in [2.24, 2.45) is 11.7 Å². The molecule has 0 aromatic heterocycles. The molecule has 0 aliphatic heterocycles. The minimum absolute atomic E-state index is 0.132. The summed E-state index contributed by atoms with van der Waals surface area (Å²) < 4.78 is 4.88. The number of hydrogen-bond acceptors (Lipinski definition) is 4. The molecule has 4 nitrogen and oxygen atoms in total. The molecule has 0 aliphatic rings. The lowest BCUT2D eigenvalue weighted by Crippen LogP contribution is -2.37. The van der Waals surface area contributed by atoms with Gasteiger partial charge in [-0.2, -0.15) is 0 Å². The van der Waals surface area contributed by atoms with Crippen LogP contribution < -0.4 is 11.1 Å². The van der Waals surface area contributed by atoms with Gasteiger partial charge in [0.15, 0.2) is 0 Å². The third-order valence-electron chi connectivity index (χ3n) is 1.59. The Kier molecular flexibility index (Phi) is 5.66. The molecular weight excluding hydrogens is 156 g/mol. The van der Waals surface area contributed by atoms with Gasteiger partial charge in [-0.25, -0.2) is 0 Å². The molecule has 0 bridgehead atoms. The van der Waals surface area contributed by atoms with Crippen LogP contribution in [-0.4, -0.2) is 32.2 Å². The summed E-state index contributed by atoms with van der Waals surface area (Å²) in [7, 11) is 1.80. The molecule has 1 atom stereocenters. The lowest BCUT2D eigenvalue weighted by molar-refractivity contribution is -0.146. The van der Waals surface area contributed by atoms with Crippen molar-refractivity contribution in [2.45, 2.75) is 19.9 Å². The second kappa shape index (κ2) is 5.97. The van der Waals surface area contributed by atoms with Crippen molar-refractivity contribution in [3.05, 3.63) is 0 Å². The van der Waals surface area contributed by atoms with Crippen molar-refractivity contribution in [2.75, 3.05) is 20.2 Å². The number of carbonyl (C=O) groups is 1. The van der Waals surface area contributed by atoms with E-state index in [2.05, 4.69) is 5.32 Å². The normalized spacial score (nSPS) is 13.1. The van der Waals surface area contributed by atoms with Crippen molar-refractivity contribution in [1.29, 1.82) is 0 Å². The van der Waals surface area contributed by atoms with E-state index < -0.39 is 6.04 Å². The van der Waals surface area contributed by atoms with Crippen LogP contribution in [0.5, 0.6) is 0 Å². The molecular formula is C8H18N2O2. The van der Waals surface area contributed by atoms with Gasteiger partial charge in [0, 0.05) is 6.54 Å². The van der Waals surface area contributed by atoms with Crippen molar-refractivity contribution in [1.82, 2.24) is 5.32 Å². The minimum atomic E-state index is -0.498. The maximum atomic E-state index is 11.1. The molecule has 72 valence electrons. The summed E-state index contributed by atoms with van der Waals surface area (Å²) in [6.45, 7) is 4.83. The van der Waals surface area contributed by atoms with E-state index in [1.807, 2.05) is 13.8 Å². The first kappa shape index (κ1) is 11.4. The quantitative estimate of drug-likeness (QED) is 0.445. The van der Waals surface area contributed by atoms with Crippen LogP contribution in [0.2, 0.25) is 0 Å². The number of nitrogens with two attached hydrogens (primary N) is 1. The van der Waals surface area contributed by atoms with Crippen molar-refractivity contribution in [3.63, 3.8) is 0 Å². The third-order valence-corrected chi connectivity index (χ3v) is 1.59. The summed E-state index contributed by atoms with van der Waals surface area (Å²) in [5, 5.41) is 2.87. The number of carbonyl (C=O) groups excluding carboxylic acids is 1. The first-order valence-corrected chi connectivity index (χ1v) is 4.16. The average molecular weight is 174 g/mol. The lowest BCUT2D eigenvalue weighted by atomic mass is 10.1. The van der Waals surface area contributed by atoms with E-state index in [-0.39, 0.29) is 11.9 Å². The fourth-order valence-electron chi connectivity index (χ4n) is 0.622. The molecule has 12 heavy (non-hydrogen) atoms. The van der Waals surface area contributed by atoms with E-state index in [9.17, 15) is 4.79 Å². The van der Waals surface area contributed by atoms with E-state index in [1.54, 1.807) is 7.05 Å². The van der Waals surface area contributed by atoms with E-state index in [1.165, 1.54) is 0 Å². The lowest BCUT2D eigenvalue weighted by Gasteiger charge is -2.13. The van der Waals surface area contributed by atoms with Gasteiger partial charge in [0.25, 0.3) is 0 Å². The smallest absolute Gasteiger partial charge is 0.323 e. The fraction of sp³-hybridized carbons (Fsp3) is 0.875. The number of likely N-dealkylation sites (N-methyl/N-ethyl adjacent to an activating group) is 1. The molecule has 0 fully saturated rings. The van der Waals surface area contributed by atoms with Crippen LogP contribution in [0, 0.1) is 5.92 Å². The fourth-order valence-corrected chi connectivity index (χ4v) is 0.622. The van der Waals surface area contributed by atoms with Crippen LogP contribution >= 0.6 is 0 Å². The monoisotopic (exact) mass is 174 g/mol.